The third-order valence-corrected chi connectivity index (χ3v) is 2.37. The average Bonchev–Trinajstić information content (AvgIpc) is 2.67. The largest absolute Gasteiger partial charge is 0.480 e. The Morgan fingerprint density at radius 3 is 2.74 bits per heavy atom. The Bertz CT molecular complexity index is 477. The van der Waals surface area contributed by atoms with E-state index in [1.54, 1.807) is 19.9 Å². The summed E-state index contributed by atoms with van der Waals surface area (Å²) < 4.78 is 10.3. The van der Waals surface area contributed by atoms with E-state index < -0.39 is 17.9 Å². The van der Waals surface area contributed by atoms with Gasteiger partial charge in [0.2, 0.25) is 0 Å². The number of carboxylic acid groups (broad SMARTS) is 1. The molecule has 0 aromatic carbocycles. The molecule has 1 atom stereocenters. The average molecular weight is 267 g/mol. The highest BCUT2D eigenvalue weighted by atomic mass is 16.5. The first-order chi connectivity index (χ1) is 8.95. The van der Waals surface area contributed by atoms with Gasteiger partial charge < -0.3 is 19.6 Å². The van der Waals surface area contributed by atoms with Gasteiger partial charge in [-0.3, -0.25) is 4.79 Å². The summed E-state index contributed by atoms with van der Waals surface area (Å²) >= 11 is 0. The summed E-state index contributed by atoms with van der Waals surface area (Å²) in [7, 11) is 0. The maximum Gasteiger partial charge on any atom is 0.328 e. The molecule has 1 aromatic rings. The molecule has 6 nitrogen and oxygen atoms in total. The van der Waals surface area contributed by atoms with Gasteiger partial charge in [-0.05, 0) is 19.9 Å². The fraction of sp³-hybridized carbons (Fsp3) is 0.385. The van der Waals surface area contributed by atoms with E-state index in [9.17, 15) is 9.59 Å². The lowest BCUT2D eigenvalue weighted by atomic mass is 10.2. The Labute approximate surface area is 111 Å². The Kier molecular flexibility index (Phi) is 5.32. The number of rotatable bonds is 7. The maximum atomic E-state index is 11.9. The number of carbonyl (C=O) groups excluding carboxylic acids is 1. The van der Waals surface area contributed by atoms with E-state index in [4.69, 9.17) is 14.3 Å². The lowest BCUT2D eigenvalue weighted by Crippen LogP contribution is -2.44. The van der Waals surface area contributed by atoms with Crippen LogP contribution in [0.5, 0.6) is 0 Å². The number of aliphatic carboxylic acids is 1. The van der Waals surface area contributed by atoms with E-state index in [-0.39, 0.29) is 19.0 Å². The molecule has 1 unspecified atom stereocenters. The van der Waals surface area contributed by atoms with E-state index >= 15 is 0 Å². The van der Waals surface area contributed by atoms with Crippen LogP contribution in [0, 0.1) is 13.8 Å². The number of carbonyl (C=O) groups is 2. The van der Waals surface area contributed by atoms with E-state index in [1.165, 1.54) is 6.08 Å². The van der Waals surface area contributed by atoms with E-state index in [0.717, 1.165) is 0 Å². The molecule has 1 heterocycles. The van der Waals surface area contributed by atoms with Crippen LogP contribution >= 0.6 is 0 Å². The molecule has 0 aliphatic heterocycles. The van der Waals surface area contributed by atoms with Crippen molar-refractivity contribution < 1.29 is 23.8 Å². The molecule has 0 saturated heterocycles. The molecule has 1 rings (SSSR count). The molecule has 0 aliphatic carbocycles. The molecule has 104 valence electrons. The van der Waals surface area contributed by atoms with Crippen LogP contribution in [0.25, 0.3) is 0 Å². The minimum atomic E-state index is -1.17. The lowest BCUT2D eigenvalue weighted by Gasteiger charge is -2.13. The molecule has 1 amide bonds. The quantitative estimate of drug-likeness (QED) is 0.574. The van der Waals surface area contributed by atoms with Crippen molar-refractivity contribution in [2.75, 3.05) is 13.2 Å². The van der Waals surface area contributed by atoms with Crippen LogP contribution < -0.4 is 5.32 Å². The second kappa shape index (κ2) is 6.75. The topological polar surface area (TPSA) is 88.8 Å². The van der Waals surface area contributed by atoms with Crippen molar-refractivity contribution in [3.63, 3.8) is 0 Å². The zero-order valence-corrected chi connectivity index (χ0v) is 10.9. The minimum absolute atomic E-state index is 0.118. The third-order valence-electron chi connectivity index (χ3n) is 2.37. The van der Waals surface area contributed by atoms with Crippen LogP contribution in [0.2, 0.25) is 0 Å². The van der Waals surface area contributed by atoms with Gasteiger partial charge in [-0.15, -0.1) is 6.58 Å². The van der Waals surface area contributed by atoms with Crippen molar-refractivity contribution in [1.82, 2.24) is 5.32 Å². The summed E-state index contributed by atoms with van der Waals surface area (Å²) in [5.74, 6) is -1.02. The zero-order valence-electron chi connectivity index (χ0n) is 10.9. The summed E-state index contributed by atoms with van der Waals surface area (Å²) in [5, 5.41) is 11.3. The predicted molar refractivity (Wildman–Crippen MR) is 68.1 cm³/mol. The first-order valence-corrected chi connectivity index (χ1v) is 5.75. The van der Waals surface area contributed by atoms with Crippen molar-refractivity contribution in [1.29, 1.82) is 0 Å². The second-order valence-corrected chi connectivity index (χ2v) is 4.06. The first-order valence-electron chi connectivity index (χ1n) is 5.75. The molecule has 0 radical (unpaired) electrons. The standard InChI is InChI=1S/C13H17NO5/c1-4-5-18-7-10(13(16)17)14-12(15)11-8(2)6-9(3)19-11/h4,6,10H,1,5,7H2,2-3H3,(H,14,15)(H,16,17). The number of hydrogen-bond donors (Lipinski definition) is 2. The van der Waals surface area contributed by atoms with Gasteiger partial charge in [0.1, 0.15) is 5.76 Å². The Balaban J connectivity index is 2.68. The van der Waals surface area contributed by atoms with Crippen LogP contribution in [-0.4, -0.2) is 36.2 Å². The Morgan fingerprint density at radius 2 is 2.26 bits per heavy atom. The molecule has 0 aliphatic rings. The molecule has 0 fully saturated rings. The molecular weight excluding hydrogens is 250 g/mol. The Morgan fingerprint density at radius 1 is 1.58 bits per heavy atom. The number of ether oxygens (including phenoxy) is 1. The highest BCUT2D eigenvalue weighted by Gasteiger charge is 2.23. The lowest BCUT2D eigenvalue weighted by molar-refractivity contribution is -0.140. The molecule has 19 heavy (non-hydrogen) atoms. The summed E-state index contributed by atoms with van der Waals surface area (Å²) in [6.45, 7) is 6.97. The molecule has 2 N–H and O–H groups in total. The highest BCUT2D eigenvalue weighted by molar-refractivity contribution is 5.95. The fourth-order valence-corrected chi connectivity index (χ4v) is 1.53. The fourth-order valence-electron chi connectivity index (χ4n) is 1.53. The SMILES string of the molecule is C=CCOCC(NC(=O)c1oc(C)cc1C)C(=O)O. The zero-order chi connectivity index (χ0) is 14.4. The predicted octanol–water partition coefficient (Wildman–Crippen LogP) is 1.28. The van der Waals surface area contributed by atoms with Crippen LogP contribution in [0.3, 0.4) is 0 Å². The molecule has 0 bridgehead atoms. The summed E-state index contributed by atoms with van der Waals surface area (Å²) in [6.07, 6.45) is 1.50. The van der Waals surface area contributed by atoms with Crippen molar-refractivity contribution in [3.8, 4) is 0 Å². The summed E-state index contributed by atoms with van der Waals surface area (Å²) in [5.41, 5.74) is 0.658. The number of furan rings is 1. The number of hydrogen-bond acceptors (Lipinski definition) is 4. The molecule has 1 aromatic heterocycles. The maximum absolute atomic E-state index is 11.9. The van der Waals surface area contributed by atoms with Crippen LogP contribution in [0.15, 0.2) is 23.1 Å². The van der Waals surface area contributed by atoms with E-state index in [2.05, 4.69) is 11.9 Å². The van der Waals surface area contributed by atoms with Gasteiger partial charge in [0.05, 0.1) is 13.2 Å². The molecule has 6 heteroatoms. The van der Waals surface area contributed by atoms with Crippen LogP contribution in [0.1, 0.15) is 21.9 Å². The van der Waals surface area contributed by atoms with Crippen LogP contribution in [0.4, 0.5) is 0 Å². The molecular formula is C13H17NO5. The van der Waals surface area contributed by atoms with Crippen LogP contribution in [-0.2, 0) is 9.53 Å². The van der Waals surface area contributed by atoms with Gasteiger partial charge in [0, 0.05) is 5.56 Å². The van der Waals surface area contributed by atoms with Gasteiger partial charge in [0.15, 0.2) is 11.8 Å². The van der Waals surface area contributed by atoms with Crippen molar-refractivity contribution >= 4 is 11.9 Å². The molecule has 0 spiro atoms. The van der Waals surface area contributed by atoms with Gasteiger partial charge in [0.25, 0.3) is 5.91 Å². The highest BCUT2D eigenvalue weighted by Crippen LogP contribution is 2.13. The number of nitrogens with one attached hydrogen (secondary N) is 1. The number of amides is 1. The summed E-state index contributed by atoms with van der Waals surface area (Å²) in [4.78, 5) is 22.9. The first kappa shape index (κ1) is 15.0. The molecule has 0 saturated carbocycles. The number of aryl methyl sites for hydroxylation is 2. The summed E-state index contributed by atoms with van der Waals surface area (Å²) in [6, 6.07) is 0.580. The third kappa shape index (κ3) is 4.26. The van der Waals surface area contributed by atoms with Gasteiger partial charge in [-0.25, -0.2) is 4.79 Å². The monoisotopic (exact) mass is 267 g/mol. The normalized spacial score (nSPS) is 11.9. The van der Waals surface area contributed by atoms with Crippen molar-refractivity contribution in [2.24, 2.45) is 0 Å². The van der Waals surface area contributed by atoms with Crippen molar-refractivity contribution in [3.05, 3.63) is 35.8 Å². The van der Waals surface area contributed by atoms with E-state index in [0.29, 0.717) is 11.3 Å². The van der Waals surface area contributed by atoms with Gasteiger partial charge in [-0.1, -0.05) is 6.08 Å². The van der Waals surface area contributed by atoms with Gasteiger partial charge in [-0.2, -0.15) is 0 Å². The number of carboxylic acids is 1. The minimum Gasteiger partial charge on any atom is -0.480 e. The van der Waals surface area contributed by atoms with Gasteiger partial charge >= 0.3 is 5.97 Å². The van der Waals surface area contributed by atoms with Crippen molar-refractivity contribution in [2.45, 2.75) is 19.9 Å². The Hall–Kier alpha value is -2.08. The second-order valence-electron chi connectivity index (χ2n) is 4.06. The smallest absolute Gasteiger partial charge is 0.328 e. The van der Waals surface area contributed by atoms with E-state index in [1.807, 2.05) is 0 Å².